The van der Waals surface area contributed by atoms with Crippen molar-refractivity contribution in [1.29, 1.82) is 0 Å². The monoisotopic (exact) mass is 628 g/mol. The van der Waals surface area contributed by atoms with Crippen LogP contribution in [0, 0.1) is 0 Å². The molecular weight excluding hydrogens is 600 g/mol. The molecule has 4 aromatic rings. The van der Waals surface area contributed by atoms with Crippen LogP contribution in [-0.2, 0) is 20.9 Å². The van der Waals surface area contributed by atoms with Crippen molar-refractivity contribution in [1.82, 2.24) is 5.32 Å². The number of halogens is 1. The Hall–Kier alpha value is -4.47. The third-order valence-electron chi connectivity index (χ3n) is 7.19. The summed E-state index contributed by atoms with van der Waals surface area (Å²) >= 11 is 3.39. The average molecular weight is 630 g/mol. The maximum Gasteiger partial charge on any atom is 0.411 e. The molecule has 2 atom stereocenters. The van der Waals surface area contributed by atoms with Crippen LogP contribution in [0.1, 0.15) is 39.9 Å². The van der Waals surface area contributed by atoms with Gasteiger partial charge in [0.1, 0.15) is 6.61 Å². The Labute approximate surface area is 251 Å². The summed E-state index contributed by atoms with van der Waals surface area (Å²) in [6.07, 6.45) is -1.48. The van der Waals surface area contributed by atoms with Gasteiger partial charge in [-0.05, 0) is 68.9 Å². The van der Waals surface area contributed by atoms with Crippen molar-refractivity contribution in [2.45, 2.75) is 31.6 Å². The lowest BCUT2D eigenvalue weighted by Crippen LogP contribution is -2.48. The third-order valence-corrected chi connectivity index (χ3v) is 7.88. The molecule has 4 aromatic carbocycles. The number of benzene rings is 4. The average Bonchev–Trinajstić information content (AvgIpc) is 3.32. The number of anilines is 1. The van der Waals surface area contributed by atoms with Crippen LogP contribution < -0.4 is 10.6 Å². The number of carboxylic acids is 1. The van der Waals surface area contributed by atoms with Crippen molar-refractivity contribution < 1.29 is 29.0 Å². The number of amides is 2. The van der Waals surface area contributed by atoms with E-state index in [9.17, 15) is 19.5 Å². The number of carbonyl (C=O) groups is 3. The van der Waals surface area contributed by atoms with Gasteiger partial charge in [0.25, 0.3) is 5.91 Å². The second-order valence-corrected chi connectivity index (χ2v) is 10.8. The number of carbonyl (C=O) groups excluding carboxylic acids is 2. The van der Waals surface area contributed by atoms with E-state index in [2.05, 4.69) is 38.7 Å². The minimum absolute atomic E-state index is 0.0947. The van der Waals surface area contributed by atoms with Gasteiger partial charge < -0.3 is 19.9 Å². The lowest BCUT2D eigenvalue weighted by atomic mass is 9.98. The van der Waals surface area contributed by atoms with Crippen LogP contribution in [0.2, 0.25) is 0 Å². The number of carboxylic acid groups (broad SMARTS) is 1. The van der Waals surface area contributed by atoms with Gasteiger partial charge in [0.15, 0.2) is 6.04 Å². The highest BCUT2D eigenvalue weighted by atomic mass is 79.9. The second-order valence-electron chi connectivity index (χ2n) is 9.94. The molecule has 0 saturated carbocycles. The predicted octanol–water partition coefficient (Wildman–Crippen LogP) is 6.60. The maximum absolute atomic E-state index is 13.0. The molecule has 0 spiro atoms. The number of fused-ring (bicyclic) bond motifs is 3. The minimum atomic E-state index is -1.29. The van der Waals surface area contributed by atoms with Gasteiger partial charge in [-0.15, -0.1) is 0 Å². The van der Waals surface area contributed by atoms with Crippen LogP contribution in [0.15, 0.2) is 102 Å². The first-order valence-corrected chi connectivity index (χ1v) is 14.2. The largest absolute Gasteiger partial charge is 0.480 e. The highest BCUT2D eigenvalue weighted by Gasteiger charge is 2.30. The van der Waals surface area contributed by atoms with Crippen molar-refractivity contribution >= 4 is 39.6 Å². The van der Waals surface area contributed by atoms with Crippen LogP contribution in [0.25, 0.3) is 11.1 Å². The van der Waals surface area contributed by atoms with E-state index in [1.807, 2.05) is 66.7 Å². The molecule has 0 bridgehead atoms. The summed E-state index contributed by atoms with van der Waals surface area (Å²) in [5, 5.41) is 15.0. The first-order chi connectivity index (χ1) is 20.3. The second kappa shape index (κ2) is 13.0. The van der Waals surface area contributed by atoms with Crippen molar-refractivity contribution in [2.24, 2.45) is 0 Å². The number of aliphatic carboxylic acids is 1. The summed E-state index contributed by atoms with van der Waals surface area (Å²) in [4.78, 5) is 37.8. The standard InChI is InChI=1S/C33H29BrN2O6/c1-20(41-18-21-9-3-2-4-10-21)30(32(38)39)36-31(37)22-15-16-28(34)29(17-22)35-33(40)42-19-27-25-13-7-5-11-23(25)24-12-6-8-14-26(24)27/h2-17,20,27,30H,18-19H2,1H3,(H,35,40)(H,36,37)(H,38,39)/t20-,30+/m0/s1. The molecule has 0 saturated heterocycles. The molecule has 8 nitrogen and oxygen atoms in total. The Bertz CT molecular complexity index is 1560. The van der Waals surface area contributed by atoms with Crippen molar-refractivity contribution in [2.75, 3.05) is 11.9 Å². The molecule has 9 heteroatoms. The first-order valence-electron chi connectivity index (χ1n) is 13.4. The smallest absolute Gasteiger partial charge is 0.411 e. The van der Waals surface area contributed by atoms with Gasteiger partial charge in [-0.2, -0.15) is 0 Å². The highest BCUT2D eigenvalue weighted by molar-refractivity contribution is 9.10. The van der Waals surface area contributed by atoms with E-state index in [1.165, 1.54) is 12.1 Å². The van der Waals surface area contributed by atoms with E-state index >= 15 is 0 Å². The van der Waals surface area contributed by atoms with E-state index < -0.39 is 30.1 Å². The molecule has 1 aliphatic rings. The highest BCUT2D eigenvalue weighted by Crippen LogP contribution is 2.44. The number of hydrogen-bond acceptors (Lipinski definition) is 5. The molecule has 0 radical (unpaired) electrons. The summed E-state index contributed by atoms with van der Waals surface area (Å²) in [7, 11) is 0. The van der Waals surface area contributed by atoms with Gasteiger partial charge in [0.2, 0.25) is 0 Å². The molecular formula is C33H29BrN2O6. The Balaban J connectivity index is 1.22. The molecule has 0 heterocycles. The quantitative estimate of drug-likeness (QED) is 0.182. The van der Waals surface area contributed by atoms with Gasteiger partial charge in [0.05, 0.1) is 18.4 Å². The van der Waals surface area contributed by atoms with E-state index in [-0.39, 0.29) is 24.7 Å². The van der Waals surface area contributed by atoms with Gasteiger partial charge >= 0.3 is 12.1 Å². The van der Waals surface area contributed by atoms with Crippen LogP contribution in [0.3, 0.4) is 0 Å². The summed E-state index contributed by atoms with van der Waals surface area (Å²) < 4.78 is 11.9. The predicted molar refractivity (Wildman–Crippen MR) is 162 cm³/mol. The van der Waals surface area contributed by atoms with Crippen LogP contribution in [-0.4, -0.2) is 41.8 Å². The van der Waals surface area contributed by atoms with Gasteiger partial charge in [-0.25, -0.2) is 9.59 Å². The summed E-state index contributed by atoms with van der Waals surface area (Å²) in [6, 6.07) is 28.7. The van der Waals surface area contributed by atoms with Crippen molar-refractivity contribution in [3.05, 3.63) is 124 Å². The molecule has 0 unspecified atom stereocenters. The molecule has 2 amide bonds. The SMILES string of the molecule is C[C@H](OCc1ccccc1)[C@@H](NC(=O)c1ccc(Br)c(NC(=O)OCC2c3ccccc3-c3ccccc32)c1)C(=O)O. The zero-order valence-electron chi connectivity index (χ0n) is 22.8. The van der Waals surface area contributed by atoms with E-state index in [0.29, 0.717) is 10.2 Å². The van der Waals surface area contributed by atoms with Crippen molar-refractivity contribution in [3.8, 4) is 11.1 Å². The molecule has 3 N–H and O–H groups in total. The lowest BCUT2D eigenvalue weighted by molar-refractivity contribution is -0.143. The van der Waals surface area contributed by atoms with E-state index in [0.717, 1.165) is 27.8 Å². The molecule has 214 valence electrons. The Morgan fingerprint density at radius 3 is 2.14 bits per heavy atom. The zero-order valence-corrected chi connectivity index (χ0v) is 24.3. The number of hydrogen-bond donors (Lipinski definition) is 3. The van der Waals surface area contributed by atoms with Gasteiger partial charge in [0, 0.05) is 16.0 Å². The maximum atomic E-state index is 13.0. The van der Waals surface area contributed by atoms with E-state index in [1.54, 1.807) is 13.0 Å². The Morgan fingerprint density at radius 1 is 0.881 bits per heavy atom. The summed E-state index contributed by atoms with van der Waals surface area (Å²) in [5.74, 6) is -1.94. The lowest BCUT2D eigenvalue weighted by Gasteiger charge is -2.22. The molecule has 0 aromatic heterocycles. The Kier molecular flexibility index (Phi) is 9.00. The fourth-order valence-corrected chi connectivity index (χ4v) is 5.36. The molecule has 0 fully saturated rings. The van der Waals surface area contributed by atoms with Crippen LogP contribution >= 0.6 is 15.9 Å². The van der Waals surface area contributed by atoms with Crippen molar-refractivity contribution in [3.63, 3.8) is 0 Å². The van der Waals surface area contributed by atoms with E-state index in [4.69, 9.17) is 9.47 Å². The molecule has 1 aliphatic carbocycles. The Morgan fingerprint density at radius 2 is 1.50 bits per heavy atom. The molecule has 42 heavy (non-hydrogen) atoms. The fourth-order valence-electron chi connectivity index (χ4n) is 5.01. The normalized spacial score (nSPS) is 13.4. The van der Waals surface area contributed by atoms with Crippen LogP contribution in [0.5, 0.6) is 0 Å². The first kappa shape index (κ1) is 29.0. The van der Waals surface area contributed by atoms with Gasteiger partial charge in [-0.3, -0.25) is 10.1 Å². The molecule has 0 aliphatic heterocycles. The summed E-state index contributed by atoms with van der Waals surface area (Å²) in [6.45, 7) is 1.93. The summed E-state index contributed by atoms with van der Waals surface area (Å²) in [5.41, 5.74) is 5.80. The molecule has 5 rings (SSSR count). The van der Waals surface area contributed by atoms with Gasteiger partial charge in [-0.1, -0.05) is 78.9 Å². The number of nitrogens with one attached hydrogen (secondary N) is 2. The van der Waals surface area contributed by atoms with Crippen LogP contribution in [0.4, 0.5) is 10.5 Å². The number of rotatable bonds is 10. The third kappa shape index (κ3) is 6.53. The minimum Gasteiger partial charge on any atom is -0.480 e. The topological polar surface area (TPSA) is 114 Å². The zero-order chi connectivity index (χ0) is 29.6. The number of ether oxygens (including phenoxy) is 2. The fraction of sp³-hybridized carbons (Fsp3) is 0.182.